The Morgan fingerprint density at radius 1 is 1.42 bits per heavy atom. The fourth-order valence-corrected chi connectivity index (χ4v) is 2.35. The molecule has 0 aliphatic carbocycles. The fraction of sp³-hybridized carbons (Fsp3) is 0.812. The van der Waals surface area contributed by atoms with Crippen molar-refractivity contribution in [3.05, 3.63) is 0 Å². The van der Waals surface area contributed by atoms with E-state index in [1.54, 1.807) is 20.8 Å². The maximum absolute atomic E-state index is 12.4. The molecule has 2 atom stereocenters. The van der Waals surface area contributed by atoms with Gasteiger partial charge in [0, 0.05) is 6.54 Å². The van der Waals surface area contributed by atoms with E-state index in [2.05, 4.69) is 10.7 Å². The van der Waals surface area contributed by atoms with Crippen LogP contribution in [0.1, 0.15) is 47.5 Å². The molecule has 0 aromatic rings. The number of nitrogens with two attached hydrogens (primary N) is 1. The molecule has 1 aliphatic rings. The normalized spacial score (nSPS) is 19.0. The highest BCUT2D eigenvalue weighted by molar-refractivity contribution is 5.84. The third-order valence-corrected chi connectivity index (χ3v) is 3.49. The Hall–Kier alpha value is -1.83. The maximum Gasteiger partial charge on any atom is 0.429 e. The van der Waals surface area contributed by atoms with Crippen LogP contribution in [0.25, 0.3) is 0 Å². The molecule has 24 heavy (non-hydrogen) atoms. The molecule has 4 N–H and O–H groups in total. The molecule has 0 unspecified atom stereocenters. The average molecular weight is 342 g/mol. The van der Waals surface area contributed by atoms with Crippen molar-refractivity contribution in [3.63, 3.8) is 0 Å². The first kappa shape index (κ1) is 20.2. The number of hydrogen-bond acceptors (Lipinski definition) is 5. The van der Waals surface area contributed by atoms with Crippen LogP contribution in [-0.2, 0) is 14.3 Å². The van der Waals surface area contributed by atoms with Crippen LogP contribution < -0.4 is 16.5 Å². The van der Waals surface area contributed by atoms with E-state index in [1.165, 1.54) is 0 Å². The molecular weight excluding hydrogens is 312 g/mol. The molecule has 138 valence electrons. The molecule has 1 rings (SSSR count). The topological polar surface area (TPSA) is 114 Å². The molecule has 0 bridgehead atoms. The zero-order valence-electron chi connectivity index (χ0n) is 15.2. The van der Waals surface area contributed by atoms with Gasteiger partial charge in [0.05, 0.1) is 18.5 Å². The van der Waals surface area contributed by atoms with E-state index in [0.29, 0.717) is 19.4 Å². The van der Waals surface area contributed by atoms with E-state index >= 15 is 0 Å². The lowest BCUT2D eigenvalue weighted by molar-refractivity contribution is -0.129. The predicted octanol–water partition coefficient (Wildman–Crippen LogP) is 0.764. The van der Waals surface area contributed by atoms with Crippen LogP contribution in [0.5, 0.6) is 0 Å². The van der Waals surface area contributed by atoms with Crippen molar-refractivity contribution in [1.29, 1.82) is 0 Å². The van der Waals surface area contributed by atoms with Gasteiger partial charge in [-0.1, -0.05) is 13.8 Å². The Labute approximate surface area is 143 Å². The van der Waals surface area contributed by atoms with Gasteiger partial charge in [-0.25, -0.2) is 9.80 Å². The summed E-state index contributed by atoms with van der Waals surface area (Å²) in [6.45, 7) is 9.74. The Kier molecular flexibility index (Phi) is 7.01. The highest BCUT2D eigenvalue weighted by Gasteiger charge is 2.32. The summed E-state index contributed by atoms with van der Waals surface area (Å²) in [5, 5.41) is 3.77. The molecule has 0 aromatic carbocycles. The minimum Gasteiger partial charge on any atom is -0.442 e. The number of amides is 3. The van der Waals surface area contributed by atoms with Crippen LogP contribution in [0.15, 0.2) is 0 Å². The second kappa shape index (κ2) is 8.32. The summed E-state index contributed by atoms with van der Waals surface area (Å²) in [5.74, 6) is -0.724. The molecule has 8 heteroatoms. The number of hydrogen-bond donors (Lipinski definition) is 3. The molecule has 0 radical (unpaired) electrons. The average Bonchev–Trinajstić information content (AvgIpc) is 2.80. The highest BCUT2D eigenvalue weighted by atomic mass is 16.6. The van der Waals surface area contributed by atoms with Crippen LogP contribution in [0, 0.1) is 11.8 Å². The van der Waals surface area contributed by atoms with Gasteiger partial charge in [0.1, 0.15) is 5.60 Å². The first-order valence-electron chi connectivity index (χ1n) is 8.34. The summed E-state index contributed by atoms with van der Waals surface area (Å²) in [6.07, 6.45) is 0.400. The lowest BCUT2D eigenvalue weighted by Gasteiger charge is -2.29. The smallest absolute Gasteiger partial charge is 0.429 e. The Morgan fingerprint density at radius 2 is 2.04 bits per heavy atom. The number of carbonyl (C=O) groups is 3. The van der Waals surface area contributed by atoms with Gasteiger partial charge in [-0.05, 0) is 39.5 Å². The molecule has 8 nitrogen and oxygen atoms in total. The lowest BCUT2D eigenvalue weighted by Crippen LogP contribution is -2.55. The molecule has 1 fully saturated rings. The van der Waals surface area contributed by atoms with Gasteiger partial charge >= 0.3 is 6.09 Å². The summed E-state index contributed by atoms with van der Waals surface area (Å²) in [7, 11) is 0. The van der Waals surface area contributed by atoms with Gasteiger partial charge in [-0.15, -0.1) is 0 Å². The van der Waals surface area contributed by atoms with E-state index < -0.39 is 23.6 Å². The van der Waals surface area contributed by atoms with E-state index in [-0.39, 0.29) is 24.3 Å². The van der Waals surface area contributed by atoms with E-state index in [4.69, 9.17) is 10.5 Å². The standard InChI is InChI=1S/C16H30N4O4/c1-10(2)8-12(17)14(22)19-20(15(23)24-16(3,4)5)9-11-6-7-18-13(11)21/h10-12H,6-9,17H2,1-5H3,(H,18,21)(H,19,22)/t11-,12-/m1/s1. The van der Waals surface area contributed by atoms with Gasteiger partial charge in [0.2, 0.25) is 5.91 Å². The van der Waals surface area contributed by atoms with Crippen molar-refractivity contribution in [2.75, 3.05) is 13.1 Å². The quantitative estimate of drug-likeness (QED) is 0.638. The van der Waals surface area contributed by atoms with Crippen molar-refractivity contribution in [2.24, 2.45) is 17.6 Å². The van der Waals surface area contributed by atoms with Gasteiger partial charge < -0.3 is 15.8 Å². The first-order valence-corrected chi connectivity index (χ1v) is 8.34. The van der Waals surface area contributed by atoms with Crippen molar-refractivity contribution >= 4 is 17.9 Å². The molecule has 1 aliphatic heterocycles. The summed E-state index contributed by atoms with van der Waals surface area (Å²) in [6, 6.07) is -0.729. The molecular formula is C16H30N4O4. The number of nitrogens with zero attached hydrogens (tertiary/aromatic N) is 1. The van der Waals surface area contributed by atoms with E-state index in [1.807, 2.05) is 13.8 Å². The Morgan fingerprint density at radius 3 is 2.50 bits per heavy atom. The van der Waals surface area contributed by atoms with Gasteiger partial charge in [-0.3, -0.25) is 15.0 Å². The first-order chi connectivity index (χ1) is 11.0. The summed E-state index contributed by atoms with van der Waals surface area (Å²) in [5.41, 5.74) is 7.66. The molecule has 0 aromatic heterocycles. The van der Waals surface area contributed by atoms with Crippen molar-refractivity contribution < 1.29 is 19.1 Å². The summed E-state index contributed by atoms with van der Waals surface area (Å²) >= 11 is 0. The number of nitrogens with one attached hydrogen (secondary N) is 2. The minimum atomic E-state index is -0.729. The van der Waals surface area contributed by atoms with Crippen LogP contribution in [0.4, 0.5) is 4.79 Å². The summed E-state index contributed by atoms with van der Waals surface area (Å²) < 4.78 is 5.31. The van der Waals surface area contributed by atoms with Crippen LogP contribution in [-0.4, -0.2) is 47.6 Å². The van der Waals surface area contributed by atoms with Crippen molar-refractivity contribution in [1.82, 2.24) is 15.8 Å². The molecule has 0 spiro atoms. The minimum absolute atomic E-state index is 0.0564. The number of hydrazine groups is 1. The second-order valence-electron chi connectivity index (χ2n) is 7.58. The fourth-order valence-electron chi connectivity index (χ4n) is 2.35. The van der Waals surface area contributed by atoms with Crippen LogP contribution >= 0.6 is 0 Å². The van der Waals surface area contributed by atoms with Crippen molar-refractivity contribution in [2.45, 2.75) is 59.1 Å². The SMILES string of the molecule is CC(C)C[C@@H](N)C(=O)NN(C[C@H]1CCNC1=O)C(=O)OC(C)(C)C. The summed E-state index contributed by atoms with van der Waals surface area (Å²) in [4.78, 5) is 36.3. The number of carbonyl (C=O) groups excluding carboxylic acids is 3. The third-order valence-electron chi connectivity index (χ3n) is 3.49. The third kappa shape index (κ3) is 6.74. The number of ether oxygens (including phenoxy) is 1. The van der Waals surface area contributed by atoms with Gasteiger partial charge in [0.15, 0.2) is 0 Å². The maximum atomic E-state index is 12.4. The Balaban J connectivity index is 2.78. The predicted molar refractivity (Wildman–Crippen MR) is 89.6 cm³/mol. The molecule has 1 heterocycles. The van der Waals surface area contributed by atoms with Gasteiger partial charge in [0.25, 0.3) is 5.91 Å². The lowest BCUT2D eigenvalue weighted by atomic mass is 10.0. The zero-order valence-corrected chi connectivity index (χ0v) is 15.2. The molecule has 3 amide bonds. The molecule has 0 saturated carbocycles. The Bertz CT molecular complexity index is 473. The van der Waals surface area contributed by atoms with Crippen molar-refractivity contribution in [3.8, 4) is 0 Å². The monoisotopic (exact) mass is 342 g/mol. The number of rotatable bonds is 5. The zero-order chi connectivity index (χ0) is 18.5. The highest BCUT2D eigenvalue weighted by Crippen LogP contribution is 2.14. The van der Waals surface area contributed by atoms with E-state index in [9.17, 15) is 14.4 Å². The van der Waals surface area contributed by atoms with E-state index in [0.717, 1.165) is 5.01 Å². The van der Waals surface area contributed by atoms with Crippen LogP contribution in [0.2, 0.25) is 0 Å². The largest absolute Gasteiger partial charge is 0.442 e. The van der Waals surface area contributed by atoms with Gasteiger partial charge in [-0.2, -0.15) is 0 Å². The second-order valence-corrected chi connectivity index (χ2v) is 7.58. The molecule has 1 saturated heterocycles. The van der Waals surface area contributed by atoms with Crippen LogP contribution in [0.3, 0.4) is 0 Å².